The summed E-state index contributed by atoms with van der Waals surface area (Å²) in [4.78, 5) is 214. The van der Waals surface area contributed by atoms with Crippen molar-refractivity contribution < 1.29 is 77.3 Å². The number of aliphatic imine (C=N–C) groups is 5. The lowest BCUT2D eigenvalue weighted by Gasteiger charge is -2.30. The third-order valence-corrected chi connectivity index (χ3v) is 17.0. The van der Waals surface area contributed by atoms with Crippen molar-refractivity contribution in [3.63, 3.8) is 0 Å². The van der Waals surface area contributed by atoms with Crippen molar-refractivity contribution in [1.29, 1.82) is 0 Å². The van der Waals surface area contributed by atoms with Gasteiger partial charge < -0.3 is 160 Å². The maximum absolute atomic E-state index is 14.9. The number of aliphatic hydroxyl groups is 1. The van der Waals surface area contributed by atoms with Crippen LogP contribution >= 0.6 is 0 Å². The van der Waals surface area contributed by atoms with Gasteiger partial charge in [0.2, 0.25) is 70.9 Å². The van der Waals surface area contributed by atoms with Crippen molar-refractivity contribution in [2.45, 2.75) is 221 Å². The van der Waals surface area contributed by atoms with E-state index < -0.39 is 175 Å². The first kappa shape index (κ1) is 98.6. The van der Waals surface area contributed by atoms with E-state index in [0.29, 0.717) is 19.3 Å². The van der Waals surface area contributed by atoms with E-state index in [0.717, 1.165) is 4.90 Å². The molecular formula is C64H122N32O16. The van der Waals surface area contributed by atoms with E-state index in [9.17, 15) is 77.3 Å². The quantitative estimate of drug-likeness (QED) is 0.0153. The first-order valence-corrected chi connectivity index (χ1v) is 36.9. The molecular weight excluding hydrogens is 1470 g/mol. The minimum atomic E-state index is -1.65. The normalized spacial score (nSPS) is 15.2. The van der Waals surface area contributed by atoms with Crippen LogP contribution in [-0.2, 0) is 62.3 Å². The first-order valence-electron chi connectivity index (χ1n) is 36.9. The third-order valence-electron chi connectivity index (χ3n) is 17.0. The molecule has 0 aromatic rings. The SMILES string of the molecule is C[C@@H](O)[C@H](N)C(=O)N1CCC[C@H]1C(=O)N[C@@H](CCC(N)=O)C(=O)N[C@@H](CCCN=C(N)N)C(=O)N[C@@H](CCCNC(N)=O)C(=O)N[C@@H](CCCN=C(N)N)C(=O)N[C@@H](CCCN=C(N)N)C(=O)N[C@@H](CCCN=C(N)N)C(=O)N[C@@H](CCCCN)C(=O)N[C@@H](CCCCN)C(=O)N[C@@H](CCCN=C(N)N)C(=O)NCC(=O)O. The Morgan fingerprint density at radius 3 is 0.946 bits per heavy atom. The van der Waals surface area contributed by atoms with Crippen molar-refractivity contribution in [2.75, 3.05) is 65.4 Å². The number of hydrogen-bond acceptors (Lipinski definition) is 23. The average Bonchev–Trinajstić information content (AvgIpc) is 1.67. The second kappa shape index (κ2) is 55.0. The molecule has 48 nitrogen and oxygen atoms in total. The zero-order chi connectivity index (χ0) is 84.4. The first-order chi connectivity index (χ1) is 52.9. The number of amides is 14. The van der Waals surface area contributed by atoms with Crippen LogP contribution in [0.5, 0.6) is 0 Å². The molecule has 48 heteroatoms. The fourth-order valence-electron chi connectivity index (χ4n) is 11.2. The number of likely N-dealkylation sites (tertiary alicyclic amines) is 1. The number of nitrogens with two attached hydrogens (primary N) is 15. The maximum Gasteiger partial charge on any atom is 0.322 e. The smallest absolute Gasteiger partial charge is 0.322 e. The van der Waals surface area contributed by atoms with Crippen LogP contribution in [0.3, 0.4) is 0 Å². The number of primary amides is 2. The van der Waals surface area contributed by atoms with E-state index in [1.54, 1.807) is 0 Å². The van der Waals surface area contributed by atoms with Crippen LogP contribution in [0, 0.1) is 0 Å². The zero-order valence-electron chi connectivity index (χ0n) is 63.5. The van der Waals surface area contributed by atoms with Gasteiger partial charge in [-0.15, -0.1) is 0 Å². The van der Waals surface area contributed by atoms with Crippen LogP contribution in [0.1, 0.15) is 148 Å². The summed E-state index contributed by atoms with van der Waals surface area (Å²) in [5, 5.41) is 47.3. The van der Waals surface area contributed by atoms with Crippen LogP contribution in [0.15, 0.2) is 25.0 Å². The molecule has 0 unspecified atom stereocenters. The molecule has 0 bridgehead atoms. The van der Waals surface area contributed by atoms with Gasteiger partial charge >= 0.3 is 12.0 Å². The molecule has 0 aromatic carbocycles. The summed E-state index contributed by atoms with van der Waals surface area (Å²) >= 11 is 0. The van der Waals surface area contributed by atoms with Gasteiger partial charge in [-0.1, -0.05) is 0 Å². The number of carboxylic acid groups (broad SMARTS) is 1. The number of carbonyl (C=O) groups excluding carboxylic acids is 13. The van der Waals surface area contributed by atoms with Crippen LogP contribution in [0.25, 0.3) is 0 Å². The van der Waals surface area contributed by atoms with Crippen molar-refractivity contribution in [2.24, 2.45) is 111 Å². The minimum Gasteiger partial charge on any atom is -0.480 e. The second-order valence-corrected chi connectivity index (χ2v) is 26.4. The largest absolute Gasteiger partial charge is 0.480 e. The Balaban J connectivity index is 4.05. The monoisotopic (exact) mass is 1590 g/mol. The van der Waals surface area contributed by atoms with Gasteiger partial charge in [0, 0.05) is 52.2 Å². The second-order valence-electron chi connectivity index (χ2n) is 26.4. The molecule has 634 valence electrons. The lowest BCUT2D eigenvalue weighted by molar-refractivity contribution is -0.142. The topological polar surface area (TPSA) is 867 Å². The number of nitrogens with one attached hydrogen (secondary N) is 11. The Kier molecular flexibility index (Phi) is 48.5. The predicted molar refractivity (Wildman–Crippen MR) is 413 cm³/mol. The Morgan fingerprint density at radius 1 is 0.393 bits per heavy atom. The minimum absolute atomic E-state index is 0.00577. The molecule has 0 spiro atoms. The molecule has 14 amide bonds. The maximum atomic E-state index is 14.9. The summed E-state index contributed by atoms with van der Waals surface area (Å²) in [6, 6.07) is -17.4. The van der Waals surface area contributed by atoms with Gasteiger partial charge in [0.1, 0.15) is 73.0 Å². The van der Waals surface area contributed by atoms with Crippen LogP contribution in [0.4, 0.5) is 4.79 Å². The highest BCUT2D eigenvalue weighted by Gasteiger charge is 2.40. The third kappa shape index (κ3) is 42.5. The van der Waals surface area contributed by atoms with Gasteiger partial charge in [0.05, 0.1) is 6.10 Å². The number of aliphatic hydroxyl groups excluding tert-OH is 1. The molecule has 12 atom stereocenters. The highest BCUT2D eigenvalue weighted by Crippen LogP contribution is 2.20. The predicted octanol–water partition coefficient (Wildman–Crippen LogP) is -12.5. The van der Waals surface area contributed by atoms with E-state index >= 15 is 0 Å². The number of guanidine groups is 5. The summed E-state index contributed by atoms with van der Waals surface area (Å²) in [6.45, 7) is 0.365. The number of carboxylic acids is 1. The van der Waals surface area contributed by atoms with Gasteiger partial charge in [-0.25, -0.2) is 4.79 Å². The Hall–Kier alpha value is -11.4. The van der Waals surface area contributed by atoms with Gasteiger partial charge in [-0.2, -0.15) is 0 Å². The van der Waals surface area contributed by atoms with Gasteiger partial charge in [-0.05, 0) is 155 Å². The zero-order valence-corrected chi connectivity index (χ0v) is 63.5. The fraction of sp³-hybridized carbons (Fsp3) is 0.703. The van der Waals surface area contributed by atoms with E-state index in [-0.39, 0.29) is 198 Å². The lowest BCUT2D eigenvalue weighted by Crippen LogP contribution is -2.61. The highest BCUT2D eigenvalue weighted by molar-refractivity contribution is 6.00. The van der Waals surface area contributed by atoms with Crippen LogP contribution < -0.4 is 144 Å². The molecule has 0 radical (unpaired) electrons. The summed E-state index contributed by atoms with van der Waals surface area (Å²) in [6.07, 6.45) is -2.06. The Labute approximate surface area is 648 Å². The van der Waals surface area contributed by atoms with E-state index in [1.807, 2.05) is 0 Å². The number of nitrogens with zero attached hydrogens (tertiary/aromatic N) is 6. The van der Waals surface area contributed by atoms with Crippen LogP contribution in [-0.4, -0.2) is 266 Å². The molecule has 43 N–H and O–H groups in total. The molecule has 0 aromatic heterocycles. The van der Waals surface area contributed by atoms with Gasteiger partial charge in [0.15, 0.2) is 29.8 Å². The molecule has 1 aliphatic heterocycles. The van der Waals surface area contributed by atoms with Crippen molar-refractivity contribution in [3.8, 4) is 0 Å². The summed E-state index contributed by atoms with van der Waals surface area (Å²) < 4.78 is 0. The number of carbonyl (C=O) groups is 14. The van der Waals surface area contributed by atoms with E-state index in [2.05, 4.69) is 83.4 Å². The molecule has 0 saturated carbocycles. The molecule has 112 heavy (non-hydrogen) atoms. The lowest BCUT2D eigenvalue weighted by atomic mass is 10.0. The Bertz CT molecular complexity index is 3210. The number of hydrogen-bond donors (Lipinski definition) is 28. The van der Waals surface area contributed by atoms with Gasteiger partial charge in [0.25, 0.3) is 0 Å². The number of rotatable bonds is 58. The molecule has 0 aliphatic carbocycles. The van der Waals surface area contributed by atoms with Crippen molar-refractivity contribution in [1.82, 2.24) is 63.4 Å². The van der Waals surface area contributed by atoms with E-state index in [1.165, 1.54) is 6.92 Å². The number of unbranched alkanes of at least 4 members (excludes halogenated alkanes) is 2. The van der Waals surface area contributed by atoms with Gasteiger partial charge in [-0.3, -0.25) is 87.3 Å². The van der Waals surface area contributed by atoms with Crippen molar-refractivity contribution >= 4 is 113 Å². The molecule has 1 saturated heterocycles. The number of urea groups is 1. The molecule has 1 rings (SSSR count). The number of aliphatic carboxylic acids is 1. The Morgan fingerprint density at radius 2 is 0.679 bits per heavy atom. The van der Waals surface area contributed by atoms with Crippen LogP contribution in [0.2, 0.25) is 0 Å². The van der Waals surface area contributed by atoms with Crippen molar-refractivity contribution in [3.05, 3.63) is 0 Å². The summed E-state index contributed by atoms with van der Waals surface area (Å²) in [7, 11) is 0. The summed E-state index contributed by atoms with van der Waals surface area (Å²) in [5.74, 6) is -14.2. The summed E-state index contributed by atoms with van der Waals surface area (Å²) in [5.41, 5.74) is 84.1. The van der Waals surface area contributed by atoms with E-state index in [4.69, 9.17) is 86.0 Å². The molecule has 1 heterocycles. The highest BCUT2D eigenvalue weighted by atomic mass is 16.4. The molecule has 1 fully saturated rings. The average molecular weight is 1600 g/mol. The molecule has 1 aliphatic rings. The fourth-order valence-corrected chi connectivity index (χ4v) is 11.2. The standard InChI is InChI=1S/C64H122N32O16/c1-34(97)47(68)58(111)96-32-12-21-44(96)57(110)95-43(22-23-45(67)98)56(109)94-41(19-10-30-84-63(77)78)54(107)93-42(20-11-31-85-64(79)112)55(108)92-40(18-9-29-83-62(75)76)53(106)91-39(17-8-28-82-61(73)74)52(105)90-38(16-7-27-81-60(71)72)51(104)89-37(14-3-5-25-66)50(103)88-36(13-2-4-24-65)49(102)87-35(15-6-26-80-59(69)70)48(101)86-33-46(99)100/h34-44,47,97H,2-33,65-66,68H2,1H3,(H2,67,98)(H,86,101)(H,87,102)(H,88,103)(H,89,104)(H,90,105)(H,91,106)(H,92,108)(H,93,107)(H,94,109)(H,95,110)(H,99,100)(H4,69,70,80)(H4,71,72,81)(H4,73,74,82)(H4,75,76,83)(H4,77,78,84)(H3,79,85,112)/t34-,35+,36+,37+,38+,39+,40+,41+,42+,43+,44+,47+/m1/s1.